The van der Waals surface area contributed by atoms with Crippen molar-refractivity contribution in [2.45, 2.75) is 17.7 Å². The Kier molecular flexibility index (Phi) is 5.28. The molecule has 0 atom stereocenters. The third kappa shape index (κ3) is 4.55. The summed E-state index contributed by atoms with van der Waals surface area (Å²) in [7, 11) is 0. The number of thioether (sulfide) groups is 1. The number of aliphatic hydroxyl groups excluding tert-OH is 1. The first-order chi connectivity index (χ1) is 6.33. The molecule has 0 saturated heterocycles. The first-order valence-electron chi connectivity index (χ1n) is 4.32. The van der Waals surface area contributed by atoms with Gasteiger partial charge in [-0.05, 0) is 36.8 Å². The van der Waals surface area contributed by atoms with E-state index < -0.39 is 0 Å². The van der Waals surface area contributed by atoms with Gasteiger partial charge in [0.05, 0.1) is 0 Å². The van der Waals surface area contributed by atoms with Gasteiger partial charge in [0.1, 0.15) is 0 Å². The van der Waals surface area contributed by atoms with Crippen LogP contribution in [0.3, 0.4) is 0 Å². The second-order valence-corrected chi connectivity index (χ2v) is 4.34. The topological polar surface area (TPSA) is 20.2 Å². The Balaban J connectivity index is 2.28. The molecular formula is C10H13ClOS. The normalized spacial score (nSPS) is 10.3. The van der Waals surface area contributed by atoms with Gasteiger partial charge in [0.25, 0.3) is 0 Å². The van der Waals surface area contributed by atoms with Crippen LogP contribution in [0.15, 0.2) is 29.2 Å². The van der Waals surface area contributed by atoms with Gasteiger partial charge in [-0.1, -0.05) is 17.7 Å². The van der Waals surface area contributed by atoms with Crippen molar-refractivity contribution in [3.05, 3.63) is 29.3 Å². The second kappa shape index (κ2) is 6.30. The third-order valence-corrected chi connectivity index (χ3v) is 2.93. The standard InChI is InChI=1S/C10H13ClOS/c11-9-4-3-5-10(8-9)13-7-2-1-6-12/h3-5,8,12H,1-2,6-7H2. The predicted molar refractivity (Wildman–Crippen MR) is 58.5 cm³/mol. The lowest BCUT2D eigenvalue weighted by atomic mass is 10.4. The van der Waals surface area contributed by atoms with Crippen LogP contribution in [-0.2, 0) is 0 Å². The van der Waals surface area contributed by atoms with E-state index >= 15 is 0 Å². The summed E-state index contributed by atoms with van der Waals surface area (Å²) in [6.07, 6.45) is 1.93. The van der Waals surface area contributed by atoms with E-state index in [0.717, 1.165) is 23.6 Å². The van der Waals surface area contributed by atoms with Crippen LogP contribution in [0, 0.1) is 0 Å². The Morgan fingerprint density at radius 2 is 2.15 bits per heavy atom. The quantitative estimate of drug-likeness (QED) is 0.603. The number of aliphatic hydroxyl groups is 1. The molecule has 13 heavy (non-hydrogen) atoms. The van der Waals surface area contributed by atoms with Gasteiger partial charge in [-0.2, -0.15) is 0 Å². The van der Waals surface area contributed by atoms with Gasteiger partial charge >= 0.3 is 0 Å². The summed E-state index contributed by atoms with van der Waals surface area (Å²) in [5.41, 5.74) is 0. The summed E-state index contributed by atoms with van der Waals surface area (Å²) in [5.74, 6) is 1.04. The number of benzene rings is 1. The highest BCUT2D eigenvalue weighted by Crippen LogP contribution is 2.22. The molecule has 0 amide bonds. The Hall–Kier alpha value is -0.180. The summed E-state index contributed by atoms with van der Waals surface area (Å²) in [5, 5.41) is 9.36. The van der Waals surface area contributed by atoms with Gasteiger partial charge in [0.15, 0.2) is 0 Å². The first-order valence-corrected chi connectivity index (χ1v) is 5.68. The summed E-state index contributed by atoms with van der Waals surface area (Å²) >= 11 is 7.61. The van der Waals surface area contributed by atoms with Crippen LogP contribution in [0.1, 0.15) is 12.8 Å². The van der Waals surface area contributed by atoms with Crippen LogP contribution in [-0.4, -0.2) is 17.5 Å². The lowest BCUT2D eigenvalue weighted by molar-refractivity contribution is 0.287. The van der Waals surface area contributed by atoms with Gasteiger partial charge in [-0.15, -0.1) is 11.8 Å². The largest absolute Gasteiger partial charge is 0.396 e. The molecule has 0 radical (unpaired) electrons. The monoisotopic (exact) mass is 216 g/mol. The highest BCUT2D eigenvalue weighted by atomic mass is 35.5. The number of rotatable bonds is 5. The van der Waals surface area contributed by atoms with E-state index in [1.807, 2.05) is 18.2 Å². The fraction of sp³-hybridized carbons (Fsp3) is 0.400. The van der Waals surface area contributed by atoms with Crippen molar-refractivity contribution in [3.8, 4) is 0 Å². The van der Waals surface area contributed by atoms with Crippen molar-refractivity contribution in [2.75, 3.05) is 12.4 Å². The van der Waals surface area contributed by atoms with Gasteiger partial charge in [-0.25, -0.2) is 0 Å². The van der Waals surface area contributed by atoms with Crippen LogP contribution in [0.2, 0.25) is 5.02 Å². The molecule has 0 aromatic heterocycles. The summed E-state index contributed by atoms with van der Waals surface area (Å²) in [4.78, 5) is 1.20. The highest BCUT2D eigenvalue weighted by Gasteiger charge is 1.94. The smallest absolute Gasteiger partial charge is 0.0431 e. The van der Waals surface area contributed by atoms with E-state index in [9.17, 15) is 0 Å². The SMILES string of the molecule is OCCCCSc1cccc(Cl)c1. The Bertz CT molecular complexity index is 252. The Morgan fingerprint density at radius 1 is 1.31 bits per heavy atom. The van der Waals surface area contributed by atoms with Gasteiger partial charge in [-0.3, -0.25) is 0 Å². The Morgan fingerprint density at radius 3 is 2.85 bits per heavy atom. The molecule has 1 N–H and O–H groups in total. The molecule has 1 aromatic rings. The average molecular weight is 217 g/mol. The zero-order chi connectivity index (χ0) is 9.52. The van der Waals surface area contributed by atoms with E-state index in [2.05, 4.69) is 6.07 Å². The van der Waals surface area contributed by atoms with E-state index in [1.54, 1.807) is 11.8 Å². The van der Waals surface area contributed by atoms with Crippen molar-refractivity contribution in [1.29, 1.82) is 0 Å². The minimum absolute atomic E-state index is 0.288. The zero-order valence-electron chi connectivity index (χ0n) is 7.37. The number of hydrogen-bond donors (Lipinski definition) is 1. The second-order valence-electron chi connectivity index (χ2n) is 2.74. The molecule has 0 fully saturated rings. The van der Waals surface area contributed by atoms with E-state index in [1.165, 1.54) is 4.90 Å². The van der Waals surface area contributed by atoms with Crippen LogP contribution in [0.25, 0.3) is 0 Å². The van der Waals surface area contributed by atoms with Gasteiger partial charge in [0.2, 0.25) is 0 Å². The minimum Gasteiger partial charge on any atom is -0.396 e. The molecule has 1 nitrogen and oxygen atoms in total. The number of hydrogen-bond acceptors (Lipinski definition) is 2. The van der Waals surface area contributed by atoms with Gasteiger partial charge < -0.3 is 5.11 Å². The lowest BCUT2D eigenvalue weighted by Crippen LogP contribution is -1.85. The molecule has 3 heteroatoms. The van der Waals surface area contributed by atoms with E-state index in [-0.39, 0.29) is 6.61 Å². The maximum atomic E-state index is 8.58. The maximum Gasteiger partial charge on any atom is 0.0431 e. The van der Waals surface area contributed by atoms with Crippen LogP contribution in [0.5, 0.6) is 0 Å². The molecule has 0 aliphatic carbocycles. The fourth-order valence-electron chi connectivity index (χ4n) is 0.961. The number of halogens is 1. The number of unbranched alkanes of at least 4 members (excludes halogenated alkanes) is 1. The van der Waals surface area contributed by atoms with Crippen LogP contribution >= 0.6 is 23.4 Å². The van der Waals surface area contributed by atoms with E-state index in [4.69, 9.17) is 16.7 Å². The molecule has 72 valence electrons. The molecule has 1 aromatic carbocycles. The summed E-state index contributed by atoms with van der Waals surface area (Å²) < 4.78 is 0. The Labute approximate surface area is 88.1 Å². The van der Waals surface area contributed by atoms with Crippen molar-refractivity contribution in [1.82, 2.24) is 0 Å². The molecular weight excluding hydrogens is 204 g/mol. The molecule has 0 heterocycles. The molecule has 1 rings (SSSR count). The van der Waals surface area contributed by atoms with Crippen molar-refractivity contribution < 1.29 is 5.11 Å². The average Bonchev–Trinajstić information content (AvgIpc) is 2.13. The highest BCUT2D eigenvalue weighted by molar-refractivity contribution is 7.99. The molecule has 0 saturated carbocycles. The fourth-order valence-corrected chi connectivity index (χ4v) is 2.18. The van der Waals surface area contributed by atoms with E-state index in [0.29, 0.717) is 0 Å². The lowest BCUT2D eigenvalue weighted by Gasteiger charge is -2.00. The third-order valence-electron chi connectivity index (χ3n) is 1.62. The molecule has 0 aliphatic heterocycles. The van der Waals surface area contributed by atoms with Gasteiger partial charge in [0, 0.05) is 16.5 Å². The first kappa shape index (κ1) is 10.9. The van der Waals surface area contributed by atoms with Crippen molar-refractivity contribution in [3.63, 3.8) is 0 Å². The van der Waals surface area contributed by atoms with Crippen molar-refractivity contribution >= 4 is 23.4 Å². The molecule has 0 spiro atoms. The van der Waals surface area contributed by atoms with Crippen LogP contribution in [0.4, 0.5) is 0 Å². The summed E-state index contributed by atoms with van der Waals surface area (Å²) in [6, 6.07) is 7.84. The summed E-state index contributed by atoms with van der Waals surface area (Å²) in [6.45, 7) is 0.288. The van der Waals surface area contributed by atoms with Crippen molar-refractivity contribution in [2.24, 2.45) is 0 Å². The molecule has 0 unspecified atom stereocenters. The molecule has 0 bridgehead atoms. The zero-order valence-corrected chi connectivity index (χ0v) is 8.94. The minimum atomic E-state index is 0.288. The molecule has 0 aliphatic rings. The predicted octanol–water partition coefficient (Wildman–Crippen LogP) is 3.20. The van der Waals surface area contributed by atoms with Crippen LogP contribution < -0.4 is 0 Å². The maximum absolute atomic E-state index is 8.58.